The van der Waals surface area contributed by atoms with Gasteiger partial charge < -0.3 is 24.3 Å². The van der Waals surface area contributed by atoms with Crippen LogP contribution in [0.15, 0.2) is 101 Å². The molecule has 11 heteroatoms. The van der Waals surface area contributed by atoms with E-state index in [-0.39, 0.29) is 22.6 Å². The number of carbonyl (C=O) groups is 3. The van der Waals surface area contributed by atoms with Gasteiger partial charge in [-0.2, -0.15) is 5.10 Å². The summed E-state index contributed by atoms with van der Waals surface area (Å²) in [5.41, 5.74) is 4.38. The van der Waals surface area contributed by atoms with Crippen molar-refractivity contribution in [2.75, 3.05) is 26.6 Å². The van der Waals surface area contributed by atoms with Crippen molar-refractivity contribution in [3.05, 3.63) is 118 Å². The molecule has 0 heterocycles. The number of rotatable bonds is 11. The fourth-order valence-corrected chi connectivity index (χ4v) is 4.38. The van der Waals surface area contributed by atoms with E-state index in [4.69, 9.17) is 18.9 Å². The third-order valence-corrected chi connectivity index (χ3v) is 6.60. The van der Waals surface area contributed by atoms with Crippen LogP contribution in [0.3, 0.4) is 0 Å². The molecule has 0 aliphatic carbocycles. The number of methoxy groups -OCH3 is 3. The van der Waals surface area contributed by atoms with Crippen LogP contribution < -0.4 is 29.7 Å². The number of nitrogens with one attached hydrogen (secondary N) is 2. The van der Waals surface area contributed by atoms with Gasteiger partial charge in [-0.05, 0) is 54.1 Å². The number of hydrazone groups is 1. The highest BCUT2D eigenvalue weighted by Gasteiger charge is 2.19. The molecule has 0 radical (unpaired) electrons. The topological polar surface area (TPSA) is 125 Å². The Morgan fingerprint density at radius 2 is 1.45 bits per heavy atom. The zero-order valence-electron chi connectivity index (χ0n) is 24.0. The number of hydrogen-bond donors (Lipinski definition) is 2. The molecule has 10 nitrogen and oxygen atoms in total. The summed E-state index contributed by atoms with van der Waals surface area (Å²) >= 11 is 3.39. The van der Waals surface area contributed by atoms with Crippen molar-refractivity contribution < 1.29 is 33.3 Å². The molecule has 0 aliphatic heterocycles. The number of nitrogens with zero attached hydrogens (tertiary/aromatic N) is 1. The molecule has 2 N–H and O–H groups in total. The standard InChI is InChI=1S/C33H28BrN3O7/c1-41-28-18-22(19-29(42-2)31(28)43-3)32(39)36-26-12-8-7-11-25(26)33(40)37-35-20-23-17-24(34)14-15-27(23)44-30(38)16-13-21-9-5-4-6-10-21/h4-20H,1-3H3,(H,36,39)(H,37,40)/b16-13+,35-20-. The molecule has 0 saturated heterocycles. The molecule has 4 rings (SSSR count). The van der Waals surface area contributed by atoms with Gasteiger partial charge >= 0.3 is 5.97 Å². The molecular weight excluding hydrogens is 630 g/mol. The van der Waals surface area contributed by atoms with E-state index in [1.165, 1.54) is 45.8 Å². The number of benzene rings is 4. The maximum atomic E-state index is 13.1. The number of halogens is 1. The highest BCUT2D eigenvalue weighted by molar-refractivity contribution is 9.10. The van der Waals surface area contributed by atoms with Gasteiger partial charge in [0, 0.05) is 21.7 Å². The third-order valence-electron chi connectivity index (χ3n) is 6.11. The number of esters is 1. The Kier molecular flexibility index (Phi) is 10.9. The second-order valence-electron chi connectivity index (χ2n) is 8.96. The van der Waals surface area contributed by atoms with Crippen molar-refractivity contribution in [1.29, 1.82) is 0 Å². The normalized spacial score (nSPS) is 10.8. The second-order valence-corrected chi connectivity index (χ2v) is 9.88. The summed E-state index contributed by atoms with van der Waals surface area (Å²) in [7, 11) is 4.36. The van der Waals surface area contributed by atoms with Crippen LogP contribution in [0.2, 0.25) is 0 Å². The van der Waals surface area contributed by atoms with Crippen LogP contribution in [0.5, 0.6) is 23.0 Å². The van der Waals surface area contributed by atoms with Gasteiger partial charge in [0.1, 0.15) is 5.75 Å². The number of para-hydroxylation sites is 1. The van der Waals surface area contributed by atoms with Gasteiger partial charge in [0.15, 0.2) is 11.5 Å². The Labute approximate surface area is 262 Å². The Balaban J connectivity index is 1.47. The average molecular weight is 659 g/mol. The molecule has 0 aromatic heterocycles. The van der Waals surface area contributed by atoms with E-state index in [9.17, 15) is 14.4 Å². The predicted octanol–water partition coefficient (Wildman–Crippen LogP) is 6.11. The Hall–Kier alpha value is -5.42. The number of amides is 2. The van der Waals surface area contributed by atoms with Crippen molar-refractivity contribution in [3.8, 4) is 23.0 Å². The minimum absolute atomic E-state index is 0.164. The number of anilines is 1. The molecule has 44 heavy (non-hydrogen) atoms. The van der Waals surface area contributed by atoms with Crippen LogP contribution in [0, 0.1) is 0 Å². The van der Waals surface area contributed by atoms with E-state index in [1.807, 2.05) is 30.3 Å². The Morgan fingerprint density at radius 1 is 0.773 bits per heavy atom. The van der Waals surface area contributed by atoms with E-state index in [2.05, 4.69) is 31.8 Å². The molecule has 0 fully saturated rings. The summed E-state index contributed by atoms with van der Waals surface area (Å²) in [5.74, 6) is -0.463. The Morgan fingerprint density at radius 3 is 2.14 bits per heavy atom. The second kappa shape index (κ2) is 15.2. The van der Waals surface area contributed by atoms with Crippen molar-refractivity contribution in [3.63, 3.8) is 0 Å². The fourth-order valence-electron chi connectivity index (χ4n) is 4.00. The van der Waals surface area contributed by atoms with E-state index in [0.717, 1.165) is 5.56 Å². The number of hydrogen-bond acceptors (Lipinski definition) is 8. The lowest BCUT2D eigenvalue weighted by molar-refractivity contribution is -0.128. The quantitative estimate of drug-likeness (QED) is 0.0655. The van der Waals surface area contributed by atoms with Crippen molar-refractivity contribution in [2.45, 2.75) is 0 Å². The van der Waals surface area contributed by atoms with Crippen LogP contribution >= 0.6 is 15.9 Å². The predicted molar refractivity (Wildman–Crippen MR) is 171 cm³/mol. The highest BCUT2D eigenvalue weighted by atomic mass is 79.9. The maximum Gasteiger partial charge on any atom is 0.336 e. The first-order valence-corrected chi connectivity index (χ1v) is 13.9. The van der Waals surface area contributed by atoms with E-state index in [1.54, 1.807) is 48.5 Å². The smallest absolute Gasteiger partial charge is 0.336 e. The monoisotopic (exact) mass is 657 g/mol. The lowest BCUT2D eigenvalue weighted by Gasteiger charge is -2.15. The van der Waals surface area contributed by atoms with Gasteiger partial charge in [-0.15, -0.1) is 0 Å². The van der Waals surface area contributed by atoms with Gasteiger partial charge in [-0.25, -0.2) is 10.2 Å². The molecule has 2 amide bonds. The van der Waals surface area contributed by atoms with E-state index < -0.39 is 17.8 Å². The minimum Gasteiger partial charge on any atom is -0.493 e. The summed E-state index contributed by atoms with van der Waals surface area (Å²) in [5, 5.41) is 6.79. The number of carbonyl (C=O) groups excluding carboxylic acids is 3. The summed E-state index contributed by atoms with van der Waals surface area (Å²) < 4.78 is 22.2. The van der Waals surface area contributed by atoms with Crippen LogP contribution in [0.25, 0.3) is 6.08 Å². The van der Waals surface area contributed by atoms with Crippen molar-refractivity contribution >= 4 is 51.7 Å². The maximum absolute atomic E-state index is 13.1. The van der Waals surface area contributed by atoms with Crippen LogP contribution in [0.4, 0.5) is 5.69 Å². The van der Waals surface area contributed by atoms with E-state index in [0.29, 0.717) is 27.3 Å². The third kappa shape index (κ3) is 8.11. The molecule has 0 atom stereocenters. The fraction of sp³-hybridized carbons (Fsp3) is 0.0909. The van der Waals surface area contributed by atoms with Crippen LogP contribution in [0.1, 0.15) is 31.8 Å². The average Bonchev–Trinajstić information content (AvgIpc) is 3.04. The molecule has 4 aromatic carbocycles. The van der Waals surface area contributed by atoms with Gasteiger partial charge in [0.2, 0.25) is 5.75 Å². The molecule has 0 spiro atoms. The first kappa shape index (κ1) is 31.5. The van der Waals surface area contributed by atoms with E-state index >= 15 is 0 Å². The molecule has 0 saturated carbocycles. The zero-order valence-corrected chi connectivity index (χ0v) is 25.6. The molecule has 224 valence electrons. The largest absolute Gasteiger partial charge is 0.493 e. The lowest BCUT2D eigenvalue weighted by atomic mass is 10.1. The van der Waals surface area contributed by atoms with Gasteiger partial charge in [-0.1, -0.05) is 58.4 Å². The summed E-state index contributed by atoms with van der Waals surface area (Å²) in [4.78, 5) is 38.6. The van der Waals surface area contributed by atoms with Gasteiger partial charge in [0.25, 0.3) is 11.8 Å². The minimum atomic E-state index is -0.582. The molecular formula is C33H28BrN3O7. The lowest BCUT2D eigenvalue weighted by Crippen LogP contribution is -2.21. The summed E-state index contributed by atoms with van der Waals surface area (Å²) in [6.07, 6.45) is 4.32. The molecule has 0 unspecified atom stereocenters. The molecule has 0 bridgehead atoms. The zero-order chi connectivity index (χ0) is 31.5. The highest BCUT2D eigenvalue weighted by Crippen LogP contribution is 2.38. The molecule has 4 aromatic rings. The summed E-state index contributed by atoms with van der Waals surface area (Å²) in [6.45, 7) is 0. The van der Waals surface area contributed by atoms with Crippen molar-refractivity contribution in [2.24, 2.45) is 5.10 Å². The van der Waals surface area contributed by atoms with Gasteiger partial charge in [-0.3, -0.25) is 9.59 Å². The van der Waals surface area contributed by atoms with Crippen molar-refractivity contribution in [1.82, 2.24) is 5.43 Å². The SMILES string of the molecule is COc1cc(C(=O)Nc2ccccc2C(=O)N/N=C\c2cc(Br)ccc2OC(=O)/C=C/c2ccccc2)cc(OC)c1OC. The first-order valence-electron chi connectivity index (χ1n) is 13.1. The van der Waals surface area contributed by atoms with Crippen LogP contribution in [-0.4, -0.2) is 45.3 Å². The Bertz CT molecular complexity index is 1700. The molecule has 0 aliphatic rings. The number of ether oxygens (including phenoxy) is 4. The summed E-state index contributed by atoms with van der Waals surface area (Å²) in [6, 6.07) is 23.8. The van der Waals surface area contributed by atoms with Crippen LogP contribution in [-0.2, 0) is 4.79 Å². The van der Waals surface area contributed by atoms with Gasteiger partial charge in [0.05, 0.1) is 38.8 Å². The first-order chi connectivity index (χ1) is 21.3.